The van der Waals surface area contributed by atoms with E-state index in [0.29, 0.717) is 11.3 Å². The van der Waals surface area contributed by atoms with Crippen molar-refractivity contribution >= 4 is 0 Å². The van der Waals surface area contributed by atoms with Gasteiger partial charge in [-0.3, -0.25) is 0 Å². The van der Waals surface area contributed by atoms with Crippen LogP contribution in [-0.4, -0.2) is 0 Å². The van der Waals surface area contributed by atoms with Crippen LogP contribution in [0.15, 0.2) is 0 Å². The molecule has 0 spiro atoms. The molecule has 0 heterocycles. The molecule has 0 N–H and O–H groups in total. The predicted octanol–water partition coefficient (Wildman–Crippen LogP) is 4.45. The highest BCUT2D eigenvalue weighted by Gasteiger charge is 2.18. The molecule has 12 heavy (non-hydrogen) atoms. The van der Waals surface area contributed by atoms with Crippen LogP contribution in [0.5, 0.6) is 0 Å². The van der Waals surface area contributed by atoms with E-state index in [0.717, 1.165) is 0 Å². The average molecular weight is 169 g/mol. The van der Waals surface area contributed by atoms with E-state index in [1.54, 1.807) is 0 Å². The van der Waals surface area contributed by atoms with E-state index in [9.17, 15) is 0 Å². The van der Waals surface area contributed by atoms with Crippen LogP contribution in [-0.2, 0) is 0 Å². The summed E-state index contributed by atoms with van der Waals surface area (Å²) in [5, 5.41) is 0. The van der Waals surface area contributed by atoms with E-state index < -0.39 is 0 Å². The van der Waals surface area contributed by atoms with E-state index >= 15 is 0 Å². The summed E-state index contributed by atoms with van der Waals surface area (Å²) in [4.78, 5) is 0. The van der Waals surface area contributed by atoms with Crippen molar-refractivity contribution in [3.05, 3.63) is 6.92 Å². The summed E-state index contributed by atoms with van der Waals surface area (Å²) in [5.41, 5.74) is 0.395. The molecule has 0 saturated heterocycles. The molecule has 0 nitrogen and oxygen atoms in total. The van der Waals surface area contributed by atoms with Gasteiger partial charge >= 0.3 is 0 Å². The van der Waals surface area contributed by atoms with Gasteiger partial charge in [0.2, 0.25) is 0 Å². The summed E-state index contributed by atoms with van der Waals surface area (Å²) in [6.07, 6.45) is 6.76. The summed E-state index contributed by atoms with van der Waals surface area (Å²) < 4.78 is 0. The maximum Gasteiger partial charge on any atom is -0.0354 e. The Morgan fingerprint density at radius 2 is 1.67 bits per heavy atom. The van der Waals surface area contributed by atoms with Crippen LogP contribution in [0, 0.1) is 18.3 Å². The van der Waals surface area contributed by atoms with E-state index in [1.807, 2.05) is 0 Å². The highest BCUT2D eigenvalue weighted by molar-refractivity contribution is 4.75. The highest BCUT2D eigenvalue weighted by atomic mass is 14.2. The Bertz CT molecular complexity index is 97.1. The Balaban J connectivity index is 3.38. The lowest BCUT2D eigenvalue weighted by molar-refractivity contribution is 0.268. The molecule has 1 atom stereocenters. The van der Waals surface area contributed by atoms with Gasteiger partial charge < -0.3 is 0 Å². The molecular formula is C12H25. The van der Waals surface area contributed by atoms with Gasteiger partial charge in [0.05, 0.1) is 0 Å². The Morgan fingerprint density at radius 1 is 1.08 bits per heavy atom. The lowest BCUT2D eigenvalue weighted by atomic mass is 9.79. The van der Waals surface area contributed by atoms with Gasteiger partial charge in [0.15, 0.2) is 0 Å². The topological polar surface area (TPSA) is 0 Å². The highest BCUT2D eigenvalue weighted by Crippen LogP contribution is 2.29. The molecule has 0 aliphatic heterocycles. The molecule has 0 aliphatic rings. The fourth-order valence-electron chi connectivity index (χ4n) is 1.25. The van der Waals surface area contributed by atoms with Crippen molar-refractivity contribution in [3.63, 3.8) is 0 Å². The van der Waals surface area contributed by atoms with Crippen molar-refractivity contribution < 1.29 is 0 Å². The maximum absolute atomic E-state index is 4.21. The molecular weight excluding hydrogens is 144 g/mol. The summed E-state index contributed by atoms with van der Waals surface area (Å²) in [7, 11) is 0. The maximum atomic E-state index is 4.21. The Kier molecular flexibility index (Phi) is 5.61. The average Bonchev–Trinajstić information content (AvgIpc) is 1.96. The molecule has 73 valence electrons. The van der Waals surface area contributed by atoms with Crippen LogP contribution < -0.4 is 0 Å². The zero-order valence-electron chi connectivity index (χ0n) is 9.32. The van der Waals surface area contributed by atoms with Crippen molar-refractivity contribution in [1.82, 2.24) is 0 Å². The fraction of sp³-hybridized carbons (Fsp3) is 0.917. The quantitative estimate of drug-likeness (QED) is 0.533. The van der Waals surface area contributed by atoms with E-state index in [4.69, 9.17) is 0 Å². The molecule has 0 heteroatoms. The number of hydrogen-bond donors (Lipinski definition) is 0. The zero-order valence-corrected chi connectivity index (χ0v) is 9.32. The number of rotatable bonds is 5. The van der Waals surface area contributed by atoms with Gasteiger partial charge in [-0.1, -0.05) is 53.4 Å². The normalized spacial score (nSPS) is 14.8. The van der Waals surface area contributed by atoms with E-state index in [1.165, 1.54) is 32.1 Å². The van der Waals surface area contributed by atoms with E-state index in [2.05, 4.69) is 34.6 Å². The van der Waals surface area contributed by atoms with Crippen molar-refractivity contribution in [2.24, 2.45) is 11.3 Å². The molecule has 0 aliphatic carbocycles. The predicted molar refractivity (Wildman–Crippen MR) is 57.1 cm³/mol. The largest absolute Gasteiger partial charge is 0.0654 e. The number of hydrogen-bond acceptors (Lipinski definition) is 0. The van der Waals surface area contributed by atoms with Crippen molar-refractivity contribution in [3.8, 4) is 0 Å². The lowest BCUT2D eigenvalue weighted by Gasteiger charge is -2.26. The first-order valence-corrected chi connectivity index (χ1v) is 5.31. The standard InChI is InChI=1S/C12H25/c1-6-7-8-9-10-11(2)12(3,4)5/h11H,2,6-10H2,1,3-5H3. The van der Waals surface area contributed by atoms with Gasteiger partial charge in [-0.15, -0.1) is 0 Å². The van der Waals surface area contributed by atoms with Crippen molar-refractivity contribution in [2.75, 3.05) is 0 Å². The fourth-order valence-corrected chi connectivity index (χ4v) is 1.25. The minimum Gasteiger partial charge on any atom is -0.0654 e. The van der Waals surface area contributed by atoms with Crippen LogP contribution in [0.3, 0.4) is 0 Å². The zero-order chi connectivity index (χ0) is 9.61. The molecule has 0 aromatic carbocycles. The summed E-state index contributed by atoms with van der Waals surface area (Å²) in [5.74, 6) is 0.620. The van der Waals surface area contributed by atoms with Gasteiger partial charge in [0.1, 0.15) is 0 Å². The molecule has 0 aromatic rings. The van der Waals surface area contributed by atoms with Crippen LogP contribution in [0.25, 0.3) is 0 Å². The van der Waals surface area contributed by atoms with Gasteiger partial charge in [-0.2, -0.15) is 0 Å². The molecule has 1 radical (unpaired) electrons. The molecule has 0 amide bonds. The third-order valence-corrected chi connectivity index (χ3v) is 2.63. The van der Waals surface area contributed by atoms with Crippen LogP contribution >= 0.6 is 0 Å². The minimum atomic E-state index is 0.395. The molecule has 0 saturated carbocycles. The van der Waals surface area contributed by atoms with E-state index in [-0.39, 0.29) is 0 Å². The third-order valence-electron chi connectivity index (χ3n) is 2.63. The molecule has 0 bridgehead atoms. The summed E-state index contributed by atoms with van der Waals surface area (Å²) in [6, 6.07) is 0. The van der Waals surface area contributed by atoms with Gasteiger partial charge in [-0.25, -0.2) is 0 Å². The third kappa shape index (κ3) is 5.62. The summed E-state index contributed by atoms with van der Waals surface area (Å²) in [6.45, 7) is 13.3. The van der Waals surface area contributed by atoms with Crippen molar-refractivity contribution in [2.45, 2.75) is 59.8 Å². The monoisotopic (exact) mass is 169 g/mol. The van der Waals surface area contributed by atoms with Crippen LogP contribution in [0.2, 0.25) is 0 Å². The smallest absolute Gasteiger partial charge is 0.0354 e. The first-order chi connectivity index (χ1) is 5.48. The first-order valence-electron chi connectivity index (χ1n) is 5.31. The second kappa shape index (κ2) is 5.61. The van der Waals surface area contributed by atoms with Gasteiger partial charge in [0.25, 0.3) is 0 Å². The molecule has 0 aromatic heterocycles. The minimum absolute atomic E-state index is 0.395. The Morgan fingerprint density at radius 3 is 2.08 bits per heavy atom. The lowest BCUT2D eigenvalue weighted by Crippen LogP contribution is -2.17. The Hall–Kier alpha value is 0. The second-order valence-corrected chi connectivity index (χ2v) is 4.91. The SMILES string of the molecule is [CH2]C(CCCCCC)C(C)(C)C. The van der Waals surface area contributed by atoms with Gasteiger partial charge in [-0.05, 0) is 24.7 Å². The Labute approximate surface area is 78.8 Å². The summed E-state index contributed by atoms with van der Waals surface area (Å²) >= 11 is 0. The van der Waals surface area contributed by atoms with Crippen LogP contribution in [0.1, 0.15) is 59.8 Å². The van der Waals surface area contributed by atoms with Crippen molar-refractivity contribution in [1.29, 1.82) is 0 Å². The van der Waals surface area contributed by atoms with Gasteiger partial charge in [0, 0.05) is 0 Å². The molecule has 0 rings (SSSR count). The molecule has 0 fully saturated rings. The first kappa shape index (κ1) is 12.0. The second-order valence-electron chi connectivity index (χ2n) is 4.91. The number of unbranched alkanes of at least 4 members (excludes halogenated alkanes) is 3. The van der Waals surface area contributed by atoms with Crippen LogP contribution in [0.4, 0.5) is 0 Å². The molecule has 1 unspecified atom stereocenters.